The summed E-state index contributed by atoms with van der Waals surface area (Å²) < 4.78 is 27.9. The predicted octanol–water partition coefficient (Wildman–Crippen LogP) is 4.02. The zero-order chi connectivity index (χ0) is 18.7. The van der Waals surface area contributed by atoms with E-state index in [1.54, 1.807) is 30.3 Å². The van der Waals surface area contributed by atoms with Crippen molar-refractivity contribution in [1.82, 2.24) is 0 Å². The minimum atomic E-state index is -3.84. The van der Waals surface area contributed by atoms with Crippen molar-refractivity contribution in [2.75, 3.05) is 4.72 Å². The van der Waals surface area contributed by atoms with Crippen molar-refractivity contribution >= 4 is 21.7 Å². The van der Waals surface area contributed by atoms with E-state index in [0.29, 0.717) is 6.42 Å². The first-order valence-electron chi connectivity index (χ1n) is 8.92. The van der Waals surface area contributed by atoms with Gasteiger partial charge < -0.3 is 5.11 Å². The van der Waals surface area contributed by atoms with Crippen molar-refractivity contribution in [3.8, 4) is 0 Å². The molecule has 138 valence electrons. The first kappa shape index (κ1) is 18.5. The smallest absolute Gasteiger partial charge is 0.338 e. The fourth-order valence-electron chi connectivity index (χ4n) is 3.48. The van der Waals surface area contributed by atoms with Crippen LogP contribution in [0, 0.1) is 0 Å². The Labute approximate surface area is 154 Å². The predicted molar refractivity (Wildman–Crippen MR) is 101 cm³/mol. The van der Waals surface area contributed by atoms with Crippen LogP contribution in [-0.2, 0) is 29.3 Å². The van der Waals surface area contributed by atoms with Crippen molar-refractivity contribution < 1.29 is 18.3 Å². The lowest BCUT2D eigenvalue weighted by Gasteiger charge is -2.20. The van der Waals surface area contributed by atoms with Gasteiger partial charge in [0.05, 0.1) is 16.1 Å². The molecule has 0 radical (unpaired) electrons. The van der Waals surface area contributed by atoms with Gasteiger partial charge in [-0.15, -0.1) is 0 Å². The van der Waals surface area contributed by atoms with Crippen LogP contribution in [0.15, 0.2) is 41.3 Å². The summed E-state index contributed by atoms with van der Waals surface area (Å²) in [4.78, 5) is 11.9. The molecule has 0 saturated carbocycles. The number of carbonyl (C=O) groups is 1. The van der Waals surface area contributed by atoms with E-state index < -0.39 is 16.0 Å². The molecule has 0 amide bonds. The van der Waals surface area contributed by atoms with Gasteiger partial charge in [0.25, 0.3) is 10.0 Å². The van der Waals surface area contributed by atoms with E-state index in [4.69, 9.17) is 0 Å². The summed E-state index contributed by atoms with van der Waals surface area (Å²) in [6.07, 6.45) is 5.33. The topological polar surface area (TPSA) is 83.5 Å². The Morgan fingerprint density at radius 3 is 2.42 bits per heavy atom. The van der Waals surface area contributed by atoms with Crippen molar-refractivity contribution in [2.45, 2.75) is 50.3 Å². The summed E-state index contributed by atoms with van der Waals surface area (Å²) >= 11 is 0. The Bertz CT molecular complexity index is 918. The fraction of sp³-hybridized carbons (Fsp3) is 0.350. The van der Waals surface area contributed by atoms with Crippen LogP contribution in [0.5, 0.6) is 0 Å². The summed E-state index contributed by atoms with van der Waals surface area (Å²) in [5.41, 5.74) is 3.04. The van der Waals surface area contributed by atoms with Crippen LogP contribution < -0.4 is 4.72 Å². The number of anilines is 1. The number of fused-ring (bicyclic) bond motifs is 1. The van der Waals surface area contributed by atoms with Gasteiger partial charge in [-0.05, 0) is 67.0 Å². The number of sulfonamides is 1. The van der Waals surface area contributed by atoms with E-state index in [0.717, 1.165) is 48.8 Å². The molecule has 0 heterocycles. The average molecular weight is 373 g/mol. The lowest BCUT2D eigenvalue weighted by Crippen LogP contribution is -2.18. The number of benzene rings is 2. The molecule has 1 aliphatic rings. The van der Waals surface area contributed by atoms with E-state index in [2.05, 4.69) is 11.6 Å². The van der Waals surface area contributed by atoms with Crippen LogP contribution in [-0.4, -0.2) is 19.5 Å². The Morgan fingerprint density at radius 2 is 1.77 bits per heavy atom. The first-order chi connectivity index (χ1) is 12.4. The molecule has 1 aliphatic carbocycles. The Hall–Kier alpha value is -2.34. The summed E-state index contributed by atoms with van der Waals surface area (Å²) in [6.45, 7) is 2.07. The molecule has 0 saturated heterocycles. The number of carboxylic acids is 1. The molecule has 5 nitrogen and oxygen atoms in total. The number of hydrogen-bond donors (Lipinski definition) is 2. The molecule has 0 aromatic heterocycles. The van der Waals surface area contributed by atoms with Crippen LogP contribution in [0.25, 0.3) is 0 Å². The maximum Gasteiger partial charge on any atom is 0.338 e. The minimum absolute atomic E-state index is 0.0772. The maximum atomic E-state index is 12.7. The average Bonchev–Trinajstić information content (AvgIpc) is 2.61. The number of hydrogen-bond acceptors (Lipinski definition) is 3. The standard InChI is InChI=1S/C20H23NO4S/c1-2-5-14-8-11-16(12-9-14)26(24,25)21-18-13-10-15-6-3-4-7-17(15)19(18)20(22)23/h8-13,21H,2-7H2,1H3,(H,22,23). The van der Waals surface area contributed by atoms with Gasteiger partial charge in [-0.1, -0.05) is 31.5 Å². The second-order valence-electron chi connectivity index (χ2n) is 6.64. The Kier molecular flexibility index (Phi) is 5.32. The third-order valence-corrected chi connectivity index (χ3v) is 6.14. The van der Waals surface area contributed by atoms with Crippen LogP contribution in [0.1, 0.15) is 53.2 Å². The zero-order valence-corrected chi connectivity index (χ0v) is 15.6. The largest absolute Gasteiger partial charge is 0.478 e. The van der Waals surface area contributed by atoms with Gasteiger partial charge in [0.15, 0.2) is 0 Å². The van der Waals surface area contributed by atoms with Crippen molar-refractivity contribution in [3.05, 3.63) is 58.7 Å². The van der Waals surface area contributed by atoms with Crippen molar-refractivity contribution in [2.24, 2.45) is 0 Å². The second-order valence-corrected chi connectivity index (χ2v) is 8.32. The SMILES string of the molecule is CCCc1ccc(S(=O)(=O)Nc2ccc3c(c2C(=O)O)CCCC3)cc1. The van der Waals surface area contributed by atoms with Gasteiger partial charge in [-0.3, -0.25) is 4.72 Å². The van der Waals surface area contributed by atoms with Crippen LogP contribution in [0.2, 0.25) is 0 Å². The molecule has 0 unspecified atom stereocenters. The quantitative estimate of drug-likeness (QED) is 0.801. The molecule has 0 bridgehead atoms. The molecule has 26 heavy (non-hydrogen) atoms. The number of nitrogens with one attached hydrogen (secondary N) is 1. The molecular formula is C20H23NO4S. The molecule has 6 heteroatoms. The van der Waals surface area contributed by atoms with Crippen molar-refractivity contribution in [3.63, 3.8) is 0 Å². The number of aromatic carboxylic acids is 1. The number of carboxylic acid groups (broad SMARTS) is 1. The highest BCUT2D eigenvalue weighted by molar-refractivity contribution is 7.92. The van der Waals surface area contributed by atoms with E-state index in [1.165, 1.54) is 0 Å². The second kappa shape index (κ2) is 7.50. The molecule has 0 fully saturated rings. The fourth-order valence-corrected chi connectivity index (χ4v) is 4.56. The lowest BCUT2D eigenvalue weighted by molar-refractivity contribution is 0.0696. The van der Waals surface area contributed by atoms with Crippen LogP contribution in [0.4, 0.5) is 5.69 Å². The molecule has 2 N–H and O–H groups in total. The Balaban J connectivity index is 1.95. The molecule has 3 rings (SSSR count). The third-order valence-electron chi connectivity index (χ3n) is 4.76. The molecule has 0 atom stereocenters. The van der Waals surface area contributed by atoms with Crippen LogP contribution >= 0.6 is 0 Å². The van der Waals surface area contributed by atoms with Crippen molar-refractivity contribution in [1.29, 1.82) is 0 Å². The van der Waals surface area contributed by atoms with Gasteiger partial charge in [0, 0.05) is 0 Å². The highest BCUT2D eigenvalue weighted by atomic mass is 32.2. The molecular weight excluding hydrogens is 350 g/mol. The maximum absolute atomic E-state index is 12.7. The molecule has 2 aromatic rings. The summed E-state index contributed by atoms with van der Waals surface area (Å²) in [5.74, 6) is -1.10. The van der Waals surface area contributed by atoms with E-state index in [1.807, 2.05) is 6.07 Å². The lowest BCUT2D eigenvalue weighted by atomic mass is 9.87. The van der Waals surface area contributed by atoms with E-state index in [-0.39, 0.29) is 16.1 Å². The normalized spacial score (nSPS) is 13.9. The summed E-state index contributed by atoms with van der Waals surface area (Å²) in [5, 5.41) is 9.65. The molecule has 2 aromatic carbocycles. The highest BCUT2D eigenvalue weighted by Gasteiger charge is 2.24. The number of aryl methyl sites for hydroxylation is 2. The van der Waals surface area contributed by atoms with Gasteiger partial charge in [-0.25, -0.2) is 13.2 Å². The third kappa shape index (κ3) is 3.75. The first-order valence-corrected chi connectivity index (χ1v) is 10.4. The monoisotopic (exact) mass is 373 g/mol. The van der Waals surface area contributed by atoms with Crippen LogP contribution in [0.3, 0.4) is 0 Å². The van der Waals surface area contributed by atoms with Gasteiger partial charge >= 0.3 is 5.97 Å². The van der Waals surface area contributed by atoms with Gasteiger partial charge in [-0.2, -0.15) is 0 Å². The summed E-state index contributed by atoms with van der Waals surface area (Å²) in [7, 11) is -3.84. The molecule has 0 aliphatic heterocycles. The van der Waals surface area contributed by atoms with E-state index in [9.17, 15) is 18.3 Å². The zero-order valence-electron chi connectivity index (χ0n) is 14.8. The minimum Gasteiger partial charge on any atom is -0.478 e. The van der Waals surface area contributed by atoms with Gasteiger partial charge in [0.1, 0.15) is 0 Å². The number of rotatable bonds is 6. The molecule has 0 spiro atoms. The van der Waals surface area contributed by atoms with Gasteiger partial charge in [0.2, 0.25) is 0 Å². The summed E-state index contributed by atoms with van der Waals surface area (Å²) in [6, 6.07) is 10.1. The highest BCUT2D eigenvalue weighted by Crippen LogP contribution is 2.31. The Morgan fingerprint density at radius 1 is 1.08 bits per heavy atom. The van der Waals surface area contributed by atoms with E-state index >= 15 is 0 Å².